The first-order chi connectivity index (χ1) is 10.5. The first kappa shape index (κ1) is 16.8. The van der Waals surface area contributed by atoms with Gasteiger partial charge in [-0.2, -0.15) is 5.10 Å². The van der Waals surface area contributed by atoms with Gasteiger partial charge in [0.25, 0.3) is 0 Å². The zero-order chi connectivity index (χ0) is 16.1. The first-order valence-electron chi connectivity index (χ1n) is 8.46. The number of likely N-dealkylation sites (tertiary alicyclic amines) is 1. The van der Waals surface area contributed by atoms with Gasteiger partial charge in [-0.05, 0) is 44.6 Å². The van der Waals surface area contributed by atoms with Crippen molar-refractivity contribution in [3.05, 3.63) is 17.5 Å². The number of hydrogen-bond acceptors (Lipinski definition) is 2. The summed E-state index contributed by atoms with van der Waals surface area (Å²) in [5.41, 5.74) is 2.33. The molecule has 1 fully saturated rings. The molecule has 5 heteroatoms. The van der Waals surface area contributed by atoms with Crippen LogP contribution in [0.5, 0.6) is 0 Å². The van der Waals surface area contributed by atoms with Gasteiger partial charge in [0, 0.05) is 38.9 Å². The summed E-state index contributed by atoms with van der Waals surface area (Å²) >= 11 is 0. The van der Waals surface area contributed by atoms with Gasteiger partial charge >= 0.3 is 0 Å². The third-order valence-corrected chi connectivity index (χ3v) is 4.49. The van der Waals surface area contributed by atoms with Crippen LogP contribution in [0.15, 0.2) is 11.1 Å². The van der Waals surface area contributed by atoms with Crippen LogP contribution in [-0.4, -0.2) is 47.3 Å². The zero-order valence-corrected chi connectivity index (χ0v) is 14.8. The van der Waals surface area contributed by atoms with Crippen molar-refractivity contribution in [2.75, 3.05) is 26.7 Å². The van der Waals surface area contributed by atoms with Gasteiger partial charge in [0.15, 0.2) is 5.96 Å². The molecule has 22 heavy (non-hydrogen) atoms. The Labute approximate surface area is 134 Å². The summed E-state index contributed by atoms with van der Waals surface area (Å²) in [7, 11) is 1.88. The van der Waals surface area contributed by atoms with E-state index in [-0.39, 0.29) is 0 Å². The fraction of sp³-hybridized carbons (Fsp3) is 0.765. The minimum Gasteiger partial charge on any atom is -0.356 e. The molecule has 124 valence electrons. The summed E-state index contributed by atoms with van der Waals surface area (Å²) in [6.07, 6.45) is 2.53. The number of aryl methyl sites for hydroxylation is 2. The number of aromatic nitrogens is 2. The molecule has 1 aliphatic rings. The van der Waals surface area contributed by atoms with Gasteiger partial charge in [-0.25, -0.2) is 0 Å². The van der Waals surface area contributed by atoms with Gasteiger partial charge in [0.2, 0.25) is 0 Å². The molecule has 0 radical (unpaired) electrons. The molecule has 0 amide bonds. The molecular formula is C17H31N5. The van der Waals surface area contributed by atoms with Crippen LogP contribution in [0.2, 0.25) is 0 Å². The first-order valence-corrected chi connectivity index (χ1v) is 8.46. The van der Waals surface area contributed by atoms with E-state index in [1.54, 1.807) is 0 Å². The molecule has 1 saturated heterocycles. The molecule has 1 aromatic heterocycles. The Morgan fingerprint density at radius 3 is 2.64 bits per heavy atom. The van der Waals surface area contributed by atoms with Crippen LogP contribution in [0.3, 0.4) is 0 Å². The smallest absolute Gasteiger partial charge is 0.193 e. The third-order valence-electron chi connectivity index (χ3n) is 4.49. The molecule has 5 nitrogen and oxygen atoms in total. The zero-order valence-electron chi connectivity index (χ0n) is 14.8. The van der Waals surface area contributed by atoms with E-state index in [0.717, 1.165) is 43.8 Å². The summed E-state index contributed by atoms with van der Waals surface area (Å²) in [5, 5.41) is 8.08. The van der Waals surface area contributed by atoms with Crippen LogP contribution in [0.4, 0.5) is 0 Å². The Bertz CT molecular complexity index is 497. The fourth-order valence-electron chi connectivity index (χ4n) is 3.04. The molecule has 1 aliphatic heterocycles. The van der Waals surface area contributed by atoms with E-state index >= 15 is 0 Å². The molecular weight excluding hydrogens is 274 g/mol. The lowest BCUT2D eigenvalue weighted by Crippen LogP contribution is -2.46. The SMILES string of the molecule is CN=C(NCC(C)Cn1nc(C)cc1C)N1CCC(C)CC1. The van der Waals surface area contributed by atoms with Crippen LogP contribution in [-0.2, 0) is 6.54 Å². The summed E-state index contributed by atoms with van der Waals surface area (Å²) in [4.78, 5) is 6.83. The van der Waals surface area contributed by atoms with Crippen molar-refractivity contribution in [1.82, 2.24) is 20.0 Å². The molecule has 1 unspecified atom stereocenters. The highest BCUT2D eigenvalue weighted by Gasteiger charge is 2.19. The summed E-state index contributed by atoms with van der Waals surface area (Å²) < 4.78 is 2.10. The van der Waals surface area contributed by atoms with Crippen molar-refractivity contribution in [3.63, 3.8) is 0 Å². The number of nitrogens with zero attached hydrogens (tertiary/aromatic N) is 4. The highest BCUT2D eigenvalue weighted by molar-refractivity contribution is 5.79. The second-order valence-corrected chi connectivity index (χ2v) is 6.81. The molecule has 1 N–H and O–H groups in total. The van der Waals surface area contributed by atoms with E-state index in [0.29, 0.717) is 5.92 Å². The topological polar surface area (TPSA) is 45.5 Å². The Hall–Kier alpha value is -1.52. The maximum Gasteiger partial charge on any atom is 0.193 e. The Morgan fingerprint density at radius 2 is 2.09 bits per heavy atom. The molecule has 2 heterocycles. The highest BCUT2D eigenvalue weighted by Crippen LogP contribution is 2.16. The largest absolute Gasteiger partial charge is 0.356 e. The minimum atomic E-state index is 0.512. The van der Waals surface area contributed by atoms with Crippen molar-refractivity contribution >= 4 is 5.96 Å². The van der Waals surface area contributed by atoms with Gasteiger partial charge in [-0.1, -0.05) is 13.8 Å². The molecule has 0 saturated carbocycles. The number of nitrogens with one attached hydrogen (secondary N) is 1. The third kappa shape index (κ3) is 4.49. The molecule has 0 bridgehead atoms. The quantitative estimate of drug-likeness (QED) is 0.686. The van der Waals surface area contributed by atoms with Crippen molar-refractivity contribution < 1.29 is 0 Å². The average Bonchev–Trinajstić information content (AvgIpc) is 2.79. The van der Waals surface area contributed by atoms with E-state index in [4.69, 9.17) is 0 Å². The lowest BCUT2D eigenvalue weighted by molar-refractivity contribution is 0.271. The van der Waals surface area contributed by atoms with E-state index in [1.807, 2.05) is 14.0 Å². The number of hydrogen-bond donors (Lipinski definition) is 1. The van der Waals surface area contributed by atoms with Gasteiger partial charge in [0.05, 0.1) is 5.69 Å². The Morgan fingerprint density at radius 1 is 1.41 bits per heavy atom. The molecule has 0 aliphatic carbocycles. The molecule has 1 aromatic rings. The second kappa shape index (κ2) is 7.65. The lowest BCUT2D eigenvalue weighted by Gasteiger charge is -2.33. The van der Waals surface area contributed by atoms with Gasteiger partial charge in [-0.3, -0.25) is 9.67 Å². The van der Waals surface area contributed by atoms with Crippen LogP contribution < -0.4 is 5.32 Å². The average molecular weight is 305 g/mol. The van der Waals surface area contributed by atoms with Crippen LogP contribution in [0.25, 0.3) is 0 Å². The Balaban J connectivity index is 1.81. The summed E-state index contributed by atoms with van der Waals surface area (Å²) in [6, 6.07) is 2.13. The lowest BCUT2D eigenvalue weighted by atomic mass is 9.99. The van der Waals surface area contributed by atoms with E-state index in [2.05, 4.69) is 51.8 Å². The van der Waals surface area contributed by atoms with E-state index < -0.39 is 0 Å². The van der Waals surface area contributed by atoms with Gasteiger partial charge in [0.1, 0.15) is 0 Å². The van der Waals surface area contributed by atoms with Crippen molar-refractivity contribution in [3.8, 4) is 0 Å². The Kier molecular flexibility index (Phi) is 5.86. The predicted octanol–water partition coefficient (Wildman–Crippen LogP) is 2.44. The minimum absolute atomic E-state index is 0.512. The maximum atomic E-state index is 4.54. The van der Waals surface area contributed by atoms with Gasteiger partial charge in [-0.15, -0.1) is 0 Å². The number of rotatable bonds is 4. The van der Waals surface area contributed by atoms with Crippen LogP contribution in [0, 0.1) is 25.7 Å². The molecule has 1 atom stereocenters. The number of guanidine groups is 1. The van der Waals surface area contributed by atoms with Crippen molar-refractivity contribution in [1.29, 1.82) is 0 Å². The fourth-order valence-corrected chi connectivity index (χ4v) is 3.04. The molecule has 2 rings (SSSR count). The monoisotopic (exact) mass is 305 g/mol. The molecule has 0 spiro atoms. The van der Waals surface area contributed by atoms with E-state index in [1.165, 1.54) is 18.5 Å². The number of aliphatic imine (C=N–C) groups is 1. The van der Waals surface area contributed by atoms with Crippen molar-refractivity contribution in [2.24, 2.45) is 16.8 Å². The van der Waals surface area contributed by atoms with Crippen molar-refractivity contribution in [2.45, 2.75) is 47.1 Å². The molecule has 0 aromatic carbocycles. The second-order valence-electron chi connectivity index (χ2n) is 6.81. The summed E-state index contributed by atoms with van der Waals surface area (Å²) in [6.45, 7) is 12.9. The highest BCUT2D eigenvalue weighted by atomic mass is 15.3. The number of piperidine rings is 1. The summed E-state index contributed by atoms with van der Waals surface area (Å²) in [5.74, 6) is 2.41. The van der Waals surface area contributed by atoms with E-state index in [9.17, 15) is 0 Å². The maximum absolute atomic E-state index is 4.54. The van der Waals surface area contributed by atoms with Crippen LogP contribution in [0.1, 0.15) is 38.1 Å². The standard InChI is InChI=1S/C17H31N5/c1-13-6-8-21(9-7-13)17(18-5)19-11-14(2)12-22-16(4)10-15(3)20-22/h10,13-14H,6-9,11-12H2,1-5H3,(H,18,19). The predicted molar refractivity (Wildman–Crippen MR) is 92.2 cm³/mol. The van der Waals surface area contributed by atoms with Gasteiger partial charge < -0.3 is 10.2 Å². The normalized spacial score (nSPS) is 18.6. The van der Waals surface area contributed by atoms with Crippen LogP contribution >= 0.6 is 0 Å².